The van der Waals surface area contributed by atoms with Crippen LogP contribution in [0.5, 0.6) is 0 Å². The summed E-state index contributed by atoms with van der Waals surface area (Å²) in [7, 11) is 1.93. The lowest BCUT2D eigenvalue weighted by atomic mass is 10.3. The Morgan fingerprint density at radius 2 is 1.89 bits per heavy atom. The third kappa shape index (κ3) is 2.72. The molecule has 0 atom stereocenters. The van der Waals surface area contributed by atoms with Crippen LogP contribution in [0.4, 0.5) is 0 Å². The van der Waals surface area contributed by atoms with Crippen molar-refractivity contribution >= 4 is 50.9 Å². The SMILES string of the molecule is Cc1nn(C)c(Sc2cc(Br)c(Cl)cc2Cl)c1C. The molecule has 0 unspecified atom stereocenters. The highest BCUT2D eigenvalue weighted by atomic mass is 79.9. The zero-order chi connectivity index (χ0) is 13.4. The zero-order valence-corrected chi connectivity index (χ0v) is 14.0. The van der Waals surface area contributed by atoms with Gasteiger partial charge in [0.15, 0.2) is 0 Å². The van der Waals surface area contributed by atoms with E-state index in [1.54, 1.807) is 17.8 Å². The Morgan fingerprint density at radius 1 is 1.22 bits per heavy atom. The van der Waals surface area contributed by atoms with Crippen LogP contribution >= 0.6 is 50.9 Å². The second kappa shape index (κ2) is 5.45. The molecule has 0 fully saturated rings. The Kier molecular flexibility index (Phi) is 4.32. The van der Waals surface area contributed by atoms with Crippen LogP contribution in [0.1, 0.15) is 11.3 Å². The smallest absolute Gasteiger partial charge is 0.102 e. The van der Waals surface area contributed by atoms with Crippen LogP contribution in [0.3, 0.4) is 0 Å². The van der Waals surface area contributed by atoms with E-state index in [9.17, 15) is 0 Å². The highest BCUT2D eigenvalue weighted by Gasteiger charge is 2.13. The van der Waals surface area contributed by atoms with Gasteiger partial charge < -0.3 is 0 Å². The number of benzene rings is 1. The summed E-state index contributed by atoms with van der Waals surface area (Å²) in [6.45, 7) is 4.06. The fourth-order valence-electron chi connectivity index (χ4n) is 1.57. The first-order chi connectivity index (χ1) is 8.40. The van der Waals surface area contributed by atoms with Gasteiger partial charge in [0.05, 0.1) is 15.7 Å². The summed E-state index contributed by atoms with van der Waals surface area (Å²) in [6.07, 6.45) is 0. The summed E-state index contributed by atoms with van der Waals surface area (Å²) >= 11 is 17.2. The van der Waals surface area contributed by atoms with Crippen LogP contribution < -0.4 is 0 Å². The van der Waals surface area contributed by atoms with E-state index >= 15 is 0 Å². The quantitative estimate of drug-likeness (QED) is 0.675. The van der Waals surface area contributed by atoms with Gasteiger partial charge in [0.2, 0.25) is 0 Å². The van der Waals surface area contributed by atoms with Crippen molar-refractivity contribution in [1.82, 2.24) is 9.78 Å². The molecule has 1 aromatic carbocycles. The number of hydrogen-bond donors (Lipinski definition) is 0. The number of aryl methyl sites for hydroxylation is 2. The van der Waals surface area contributed by atoms with E-state index in [-0.39, 0.29) is 0 Å². The molecular weight excluding hydrogens is 355 g/mol. The molecule has 2 aromatic rings. The van der Waals surface area contributed by atoms with Gasteiger partial charge in [0, 0.05) is 22.0 Å². The summed E-state index contributed by atoms with van der Waals surface area (Å²) in [5.41, 5.74) is 2.20. The van der Waals surface area contributed by atoms with Crippen LogP contribution in [0, 0.1) is 13.8 Å². The third-order valence-corrected chi connectivity index (χ3v) is 5.58. The molecule has 0 aliphatic carbocycles. The van der Waals surface area contributed by atoms with Gasteiger partial charge in [-0.1, -0.05) is 35.0 Å². The highest BCUT2D eigenvalue weighted by Crippen LogP contribution is 2.39. The van der Waals surface area contributed by atoms with Crippen LogP contribution in [0.2, 0.25) is 10.0 Å². The average molecular weight is 366 g/mol. The molecule has 0 N–H and O–H groups in total. The van der Waals surface area contributed by atoms with Crippen molar-refractivity contribution in [3.05, 3.63) is 37.9 Å². The van der Waals surface area contributed by atoms with Gasteiger partial charge in [-0.2, -0.15) is 5.10 Å². The molecule has 0 bridgehead atoms. The molecule has 0 amide bonds. The van der Waals surface area contributed by atoms with E-state index in [4.69, 9.17) is 23.2 Å². The van der Waals surface area contributed by atoms with Gasteiger partial charge in [0.25, 0.3) is 0 Å². The van der Waals surface area contributed by atoms with E-state index in [1.807, 2.05) is 24.7 Å². The molecule has 0 saturated carbocycles. The number of nitrogens with zero attached hydrogens (tertiary/aromatic N) is 2. The Hall–Kier alpha value is -0.160. The fourth-order valence-corrected chi connectivity index (χ4v) is 3.58. The highest BCUT2D eigenvalue weighted by molar-refractivity contribution is 9.10. The van der Waals surface area contributed by atoms with Gasteiger partial charge >= 0.3 is 0 Å². The molecule has 0 aliphatic rings. The first-order valence-electron chi connectivity index (χ1n) is 5.22. The second-order valence-electron chi connectivity index (χ2n) is 3.94. The van der Waals surface area contributed by atoms with Crippen LogP contribution in [-0.4, -0.2) is 9.78 Å². The normalized spacial score (nSPS) is 11.0. The predicted octanol–water partition coefficient (Wildman–Crippen LogP) is 5.26. The lowest BCUT2D eigenvalue weighted by molar-refractivity contribution is 0.690. The van der Waals surface area contributed by atoms with Crippen LogP contribution in [0.15, 0.2) is 26.5 Å². The summed E-state index contributed by atoms with van der Waals surface area (Å²) in [5, 5.41) is 6.74. The van der Waals surface area contributed by atoms with Crippen LogP contribution in [0.25, 0.3) is 0 Å². The average Bonchev–Trinajstić information content (AvgIpc) is 2.52. The fraction of sp³-hybridized carbons (Fsp3) is 0.250. The summed E-state index contributed by atoms with van der Waals surface area (Å²) < 4.78 is 2.71. The van der Waals surface area contributed by atoms with Crippen molar-refractivity contribution in [2.75, 3.05) is 0 Å². The molecule has 2 nitrogen and oxygen atoms in total. The van der Waals surface area contributed by atoms with Crippen molar-refractivity contribution < 1.29 is 0 Å². The third-order valence-electron chi connectivity index (χ3n) is 2.64. The maximum atomic E-state index is 6.21. The Bertz CT molecular complexity index is 611. The lowest BCUT2D eigenvalue weighted by Gasteiger charge is -2.07. The second-order valence-corrected chi connectivity index (χ2v) is 6.64. The van der Waals surface area contributed by atoms with Crippen molar-refractivity contribution in [3.63, 3.8) is 0 Å². The number of halogens is 3. The molecule has 1 aromatic heterocycles. The zero-order valence-electron chi connectivity index (χ0n) is 10.1. The summed E-state index contributed by atoms with van der Waals surface area (Å²) in [5.74, 6) is 0. The first kappa shape index (κ1) is 14.3. The minimum absolute atomic E-state index is 0.613. The van der Waals surface area contributed by atoms with Crippen LogP contribution in [-0.2, 0) is 7.05 Å². The molecule has 2 rings (SSSR count). The molecule has 0 spiro atoms. The van der Waals surface area contributed by atoms with Crippen molar-refractivity contribution in [3.8, 4) is 0 Å². The molecule has 0 saturated heterocycles. The maximum Gasteiger partial charge on any atom is 0.102 e. The molecule has 1 heterocycles. The summed E-state index contributed by atoms with van der Waals surface area (Å²) in [4.78, 5) is 0.957. The molecule has 18 heavy (non-hydrogen) atoms. The minimum Gasteiger partial charge on any atom is -0.261 e. The van der Waals surface area contributed by atoms with E-state index < -0.39 is 0 Å². The topological polar surface area (TPSA) is 17.8 Å². The van der Waals surface area contributed by atoms with Gasteiger partial charge in [0.1, 0.15) is 5.03 Å². The number of hydrogen-bond acceptors (Lipinski definition) is 2. The molecule has 0 radical (unpaired) electrons. The first-order valence-corrected chi connectivity index (χ1v) is 7.59. The van der Waals surface area contributed by atoms with Gasteiger partial charge in [-0.15, -0.1) is 0 Å². The van der Waals surface area contributed by atoms with E-state index in [0.717, 1.165) is 20.1 Å². The van der Waals surface area contributed by atoms with E-state index in [1.165, 1.54) is 5.56 Å². The largest absolute Gasteiger partial charge is 0.261 e. The van der Waals surface area contributed by atoms with Gasteiger partial charge in [-0.3, -0.25) is 4.68 Å². The predicted molar refractivity (Wildman–Crippen MR) is 81.0 cm³/mol. The monoisotopic (exact) mass is 364 g/mol. The maximum absolute atomic E-state index is 6.21. The lowest BCUT2D eigenvalue weighted by Crippen LogP contribution is -1.92. The minimum atomic E-state index is 0.613. The van der Waals surface area contributed by atoms with Gasteiger partial charge in [-0.05, 0) is 41.9 Å². The van der Waals surface area contributed by atoms with E-state index in [2.05, 4.69) is 28.0 Å². The summed E-state index contributed by atoms with van der Waals surface area (Å²) in [6, 6.07) is 3.67. The molecule has 0 aliphatic heterocycles. The standard InChI is InChI=1S/C12H11BrCl2N2S/c1-6-7(2)16-17(3)12(6)18-11-4-8(13)9(14)5-10(11)15/h4-5H,1-3H3. The molecular formula is C12H11BrCl2N2S. The Morgan fingerprint density at radius 3 is 2.44 bits per heavy atom. The van der Waals surface area contributed by atoms with Crippen molar-refractivity contribution in [2.24, 2.45) is 7.05 Å². The Labute approximate surface area is 129 Å². The number of aromatic nitrogens is 2. The van der Waals surface area contributed by atoms with Gasteiger partial charge in [-0.25, -0.2) is 0 Å². The van der Waals surface area contributed by atoms with E-state index in [0.29, 0.717) is 10.0 Å². The van der Waals surface area contributed by atoms with Crippen molar-refractivity contribution in [1.29, 1.82) is 0 Å². The molecule has 6 heteroatoms. The number of rotatable bonds is 2. The van der Waals surface area contributed by atoms with Crippen molar-refractivity contribution in [2.45, 2.75) is 23.8 Å². The molecule has 96 valence electrons. The Balaban J connectivity index is 2.43.